The summed E-state index contributed by atoms with van der Waals surface area (Å²) in [4.78, 5) is 20.8. The van der Waals surface area contributed by atoms with E-state index < -0.39 is 5.97 Å². The summed E-state index contributed by atoms with van der Waals surface area (Å²) in [5.74, 6) is 0.696. The first kappa shape index (κ1) is 19.6. The Labute approximate surface area is 168 Å². The lowest BCUT2D eigenvalue weighted by Crippen LogP contribution is -2.10. The average molecular weight is 397 g/mol. The zero-order chi connectivity index (χ0) is 19.9. The van der Waals surface area contributed by atoms with Gasteiger partial charge < -0.3 is 15.4 Å². The maximum Gasteiger partial charge on any atom is 0.339 e. The number of nitrogens with one attached hydrogen (secondary N) is 2. The largest absolute Gasteiger partial charge is 0.465 e. The van der Waals surface area contributed by atoms with Gasteiger partial charge in [0.25, 0.3) is 0 Å². The molecule has 144 valence electrons. The summed E-state index contributed by atoms with van der Waals surface area (Å²) in [6, 6.07) is 16.7. The van der Waals surface area contributed by atoms with Gasteiger partial charge in [-0.15, -0.1) is 0 Å². The van der Waals surface area contributed by atoms with Crippen LogP contribution in [-0.4, -0.2) is 29.6 Å². The van der Waals surface area contributed by atoms with Gasteiger partial charge >= 0.3 is 5.97 Å². The Morgan fingerprint density at radius 3 is 2.61 bits per heavy atom. The van der Waals surface area contributed by atoms with E-state index in [0.717, 1.165) is 23.7 Å². The molecule has 0 fully saturated rings. The van der Waals surface area contributed by atoms with Gasteiger partial charge in [0.2, 0.25) is 5.95 Å². The Morgan fingerprint density at radius 1 is 1.11 bits per heavy atom. The maximum absolute atomic E-state index is 11.9. The molecule has 6 nitrogen and oxygen atoms in total. The van der Waals surface area contributed by atoms with Crippen molar-refractivity contribution in [3.8, 4) is 0 Å². The van der Waals surface area contributed by atoms with Crippen molar-refractivity contribution in [2.45, 2.75) is 13.3 Å². The molecule has 0 spiro atoms. The minimum Gasteiger partial charge on any atom is -0.465 e. The number of benzene rings is 2. The Kier molecular flexibility index (Phi) is 6.45. The van der Waals surface area contributed by atoms with Gasteiger partial charge in [0, 0.05) is 23.3 Å². The molecular weight excluding hydrogens is 376 g/mol. The second kappa shape index (κ2) is 9.19. The summed E-state index contributed by atoms with van der Waals surface area (Å²) in [5.41, 5.74) is 3.01. The zero-order valence-corrected chi connectivity index (χ0v) is 16.5. The first-order valence-corrected chi connectivity index (χ1v) is 9.21. The number of aromatic nitrogens is 2. The molecule has 0 unspecified atom stereocenters. The van der Waals surface area contributed by atoms with Crippen molar-refractivity contribution >= 4 is 35.0 Å². The second-order valence-electron chi connectivity index (χ2n) is 6.18. The summed E-state index contributed by atoms with van der Waals surface area (Å²) in [7, 11) is 1.35. The van der Waals surface area contributed by atoms with Crippen LogP contribution < -0.4 is 10.6 Å². The first-order chi connectivity index (χ1) is 13.5. The van der Waals surface area contributed by atoms with E-state index in [1.54, 1.807) is 18.2 Å². The molecule has 3 aromatic rings. The van der Waals surface area contributed by atoms with Gasteiger partial charge in [-0.2, -0.15) is 4.98 Å². The number of hydrogen-bond acceptors (Lipinski definition) is 6. The lowest BCUT2D eigenvalue weighted by molar-refractivity contribution is 0.0602. The third-order valence-electron chi connectivity index (χ3n) is 4.07. The molecule has 0 bridgehead atoms. The topological polar surface area (TPSA) is 76.1 Å². The normalized spacial score (nSPS) is 10.4. The van der Waals surface area contributed by atoms with Gasteiger partial charge in [-0.1, -0.05) is 35.9 Å². The predicted molar refractivity (Wildman–Crippen MR) is 111 cm³/mol. The quantitative estimate of drug-likeness (QED) is 0.567. The van der Waals surface area contributed by atoms with E-state index in [9.17, 15) is 4.79 Å². The molecule has 1 aromatic heterocycles. The number of carbonyl (C=O) groups is 1. The van der Waals surface area contributed by atoms with E-state index in [0.29, 0.717) is 23.0 Å². The third-order valence-corrected chi connectivity index (χ3v) is 4.32. The van der Waals surface area contributed by atoms with E-state index in [1.807, 2.05) is 43.3 Å². The minimum atomic E-state index is -0.419. The van der Waals surface area contributed by atoms with Crippen LogP contribution in [0.1, 0.15) is 21.6 Å². The molecule has 0 amide bonds. The number of esters is 1. The number of methoxy groups -OCH3 is 1. The van der Waals surface area contributed by atoms with Crippen molar-refractivity contribution < 1.29 is 9.53 Å². The van der Waals surface area contributed by atoms with E-state index >= 15 is 0 Å². The Hall–Kier alpha value is -3.12. The fourth-order valence-corrected chi connectivity index (χ4v) is 2.83. The summed E-state index contributed by atoms with van der Waals surface area (Å²) < 4.78 is 4.82. The first-order valence-electron chi connectivity index (χ1n) is 8.83. The highest BCUT2D eigenvalue weighted by Gasteiger charge is 2.12. The van der Waals surface area contributed by atoms with Crippen LogP contribution in [0.15, 0.2) is 54.6 Å². The number of aryl methyl sites for hydroxylation is 1. The Morgan fingerprint density at radius 2 is 1.86 bits per heavy atom. The van der Waals surface area contributed by atoms with E-state index in [-0.39, 0.29) is 0 Å². The van der Waals surface area contributed by atoms with Crippen LogP contribution in [0, 0.1) is 6.92 Å². The van der Waals surface area contributed by atoms with Crippen molar-refractivity contribution in [2.75, 3.05) is 24.3 Å². The van der Waals surface area contributed by atoms with Crippen LogP contribution in [-0.2, 0) is 11.2 Å². The summed E-state index contributed by atoms with van der Waals surface area (Å²) in [5, 5.41) is 7.14. The number of halogens is 1. The highest BCUT2D eigenvalue weighted by atomic mass is 35.5. The van der Waals surface area contributed by atoms with Crippen LogP contribution in [0.4, 0.5) is 17.5 Å². The number of anilines is 3. The number of para-hydroxylation sites is 1. The second-order valence-corrected chi connectivity index (χ2v) is 6.62. The van der Waals surface area contributed by atoms with Crippen LogP contribution in [0.5, 0.6) is 0 Å². The molecule has 0 atom stereocenters. The number of rotatable bonds is 7. The van der Waals surface area contributed by atoms with Gasteiger partial charge in [-0.05, 0) is 43.2 Å². The highest BCUT2D eigenvalue weighted by molar-refractivity contribution is 6.30. The van der Waals surface area contributed by atoms with Crippen LogP contribution >= 0.6 is 11.6 Å². The van der Waals surface area contributed by atoms with Gasteiger partial charge in [0.05, 0.1) is 18.4 Å². The molecule has 3 rings (SSSR count). The molecule has 0 saturated heterocycles. The monoisotopic (exact) mass is 396 g/mol. The third kappa shape index (κ3) is 5.20. The molecule has 0 saturated carbocycles. The predicted octanol–water partition coefficient (Wildman–Crippen LogP) is 4.62. The molecular formula is C21H21ClN4O2. The molecule has 0 aliphatic rings. The summed E-state index contributed by atoms with van der Waals surface area (Å²) in [6.07, 6.45) is 0.841. The number of carbonyl (C=O) groups excluding carboxylic acids is 1. The fourth-order valence-electron chi connectivity index (χ4n) is 2.70. The van der Waals surface area contributed by atoms with Gasteiger partial charge in [-0.25, -0.2) is 9.78 Å². The smallest absolute Gasteiger partial charge is 0.339 e. The fraction of sp³-hybridized carbons (Fsp3) is 0.190. The number of nitrogens with zero attached hydrogens (tertiary/aromatic N) is 2. The molecule has 1 heterocycles. The van der Waals surface area contributed by atoms with Gasteiger partial charge in [0.1, 0.15) is 5.82 Å². The maximum atomic E-state index is 11.9. The van der Waals surface area contributed by atoms with E-state index in [1.165, 1.54) is 12.7 Å². The van der Waals surface area contributed by atoms with Crippen molar-refractivity contribution in [1.82, 2.24) is 9.97 Å². The van der Waals surface area contributed by atoms with Gasteiger partial charge in [0.15, 0.2) is 0 Å². The van der Waals surface area contributed by atoms with Crippen LogP contribution in [0.3, 0.4) is 0 Å². The lowest BCUT2D eigenvalue weighted by atomic mass is 10.1. The summed E-state index contributed by atoms with van der Waals surface area (Å²) >= 11 is 5.91. The highest BCUT2D eigenvalue weighted by Crippen LogP contribution is 2.21. The summed E-state index contributed by atoms with van der Waals surface area (Å²) in [6.45, 7) is 2.61. The van der Waals surface area contributed by atoms with Crippen molar-refractivity contribution in [2.24, 2.45) is 0 Å². The molecule has 2 N–H and O–H groups in total. The number of ether oxygens (including phenoxy) is 1. The van der Waals surface area contributed by atoms with Crippen LogP contribution in [0.2, 0.25) is 5.02 Å². The van der Waals surface area contributed by atoms with Crippen molar-refractivity contribution in [3.05, 3.63) is 76.4 Å². The van der Waals surface area contributed by atoms with Crippen molar-refractivity contribution in [3.63, 3.8) is 0 Å². The SMILES string of the molecule is COC(=O)c1ccccc1Nc1nc(C)cc(NCCc2ccc(Cl)cc2)n1. The van der Waals surface area contributed by atoms with E-state index in [4.69, 9.17) is 16.3 Å². The van der Waals surface area contributed by atoms with E-state index in [2.05, 4.69) is 20.6 Å². The lowest BCUT2D eigenvalue weighted by Gasteiger charge is -2.12. The molecule has 2 aromatic carbocycles. The molecule has 0 aliphatic carbocycles. The molecule has 28 heavy (non-hydrogen) atoms. The van der Waals surface area contributed by atoms with Crippen molar-refractivity contribution in [1.29, 1.82) is 0 Å². The standard InChI is InChI=1S/C21H21ClN4O2/c1-14-13-19(23-12-11-15-7-9-16(22)10-8-15)26-21(24-14)25-18-6-4-3-5-17(18)20(27)28-2/h3-10,13H,11-12H2,1-2H3,(H2,23,24,25,26). The molecule has 7 heteroatoms. The number of hydrogen-bond donors (Lipinski definition) is 2. The molecule has 0 aliphatic heterocycles. The zero-order valence-electron chi connectivity index (χ0n) is 15.7. The Balaban J connectivity index is 1.70. The minimum absolute atomic E-state index is 0.408. The average Bonchev–Trinajstić information content (AvgIpc) is 2.69. The molecule has 0 radical (unpaired) electrons. The van der Waals surface area contributed by atoms with Crippen LogP contribution in [0.25, 0.3) is 0 Å². The van der Waals surface area contributed by atoms with Gasteiger partial charge in [-0.3, -0.25) is 0 Å². The Bertz CT molecular complexity index is 961.